The summed E-state index contributed by atoms with van der Waals surface area (Å²) < 4.78 is 1.69. The van der Waals surface area contributed by atoms with Crippen LogP contribution in [0.5, 0.6) is 0 Å². The minimum absolute atomic E-state index is 0.0723. The van der Waals surface area contributed by atoms with E-state index in [0.717, 1.165) is 19.5 Å². The van der Waals surface area contributed by atoms with Crippen molar-refractivity contribution in [2.24, 2.45) is 7.05 Å². The van der Waals surface area contributed by atoms with Crippen molar-refractivity contribution < 1.29 is 4.92 Å². The lowest BCUT2D eigenvalue weighted by Gasteiger charge is -2.24. The SMILES string of the molecule is CN(c1c([N+](=O)[O-])ncn1C)C1CCNC1. The number of imidazole rings is 1. The smallest absolute Gasteiger partial charge is 0.358 e. The summed E-state index contributed by atoms with van der Waals surface area (Å²) in [6.07, 6.45) is 2.48. The standard InChI is InChI=1S/C9H15N5O2/c1-12-6-11-8(14(15)16)9(12)13(2)7-3-4-10-5-7/h6-7,10H,3-5H2,1-2H3. The number of anilines is 1. The summed E-state index contributed by atoms with van der Waals surface area (Å²) in [5.41, 5.74) is 0. The zero-order valence-electron chi connectivity index (χ0n) is 9.38. The molecule has 0 aliphatic carbocycles. The Hall–Kier alpha value is -1.63. The number of rotatable bonds is 3. The lowest BCUT2D eigenvalue weighted by molar-refractivity contribution is -0.388. The molecule has 16 heavy (non-hydrogen) atoms. The molecule has 2 rings (SSSR count). The Morgan fingerprint density at radius 2 is 2.50 bits per heavy atom. The van der Waals surface area contributed by atoms with Crippen molar-refractivity contribution in [3.05, 3.63) is 16.4 Å². The number of nitro groups is 1. The average Bonchev–Trinajstić information content (AvgIpc) is 2.84. The van der Waals surface area contributed by atoms with E-state index in [1.54, 1.807) is 11.6 Å². The normalized spacial score (nSPS) is 20.0. The van der Waals surface area contributed by atoms with Crippen LogP contribution in [-0.2, 0) is 7.05 Å². The van der Waals surface area contributed by atoms with Gasteiger partial charge >= 0.3 is 5.82 Å². The fourth-order valence-corrected chi connectivity index (χ4v) is 2.09. The molecule has 0 radical (unpaired) electrons. The van der Waals surface area contributed by atoms with Crippen LogP contribution in [0.1, 0.15) is 6.42 Å². The maximum atomic E-state index is 10.8. The molecule has 1 aliphatic rings. The largest absolute Gasteiger partial charge is 0.406 e. The molecule has 1 aliphatic heterocycles. The van der Waals surface area contributed by atoms with Gasteiger partial charge in [0.15, 0.2) is 0 Å². The Morgan fingerprint density at radius 1 is 1.75 bits per heavy atom. The lowest BCUT2D eigenvalue weighted by Crippen LogP contribution is -2.34. The number of nitrogens with zero attached hydrogens (tertiary/aromatic N) is 4. The van der Waals surface area contributed by atoms with Gasteiger partial charge < -0.3 is 20.3 Å². The summed E-state index contributed by atoms with van der Waals surface area (Å²) in [5.74, 6) is 0.496. The first kappa shape index (κ1) is 10.9. The van der Waals surface area contributed by atoms with E-state index in [1.807, 2.05) is 11.9 Å². The van der Waals surface area contributed by atoms with Gasteiger partial charge in [0, 0.05) is 26.7 Å². The van der Waals surface area contributed by atoms with Crippen molar-refractivity contribution in [3.63, 3.8) is 0 Å². The van der Waals surface area contributed by atoms with Gasteiger partial charge in [0.05, 0.1) is 0 Å². The molecule has 88 valence electrons. The summed E-state index contributed by atoms with van der Waals surface area (Å²) in [7, 11) is 3.65. The van der Waals surface area contributed by atoms with Gasteiger partial charge in [-0.3, -0.25) is 4.57 Å². The van der Waals surface area contributed by atoms with Crippen LogP contribution in [0.15, 0.2) is 6.33 Å². The van der Waals surface area contributed by atoms with Crippen LogP contribution < -0.4 is 10.2 Å². The molecule has 0 spiro atoms. The minimum atomic E-state index is -0.436. The maximum absolute atomic E-state index is 10.8. The first-order valence-electron chi connectivity index (χ1n) is 5.20. The molecule has 0 aromatic carbocycles. The summed E-state index contributed by atoms with van der Waals surface area (Å²) in [5, 5.41) is 14.1. The lowest BCUT2D eigenvalue weighted by atomic mass is 10.2. The number of hydrogen-bond acceptors (Lipinski definition) is 5. The molecule has 0 saturated carbocycles. The van der Waals surface area contributed by atoms with Gasteiger partial charge in [-0.1, -0.05) is 0 Å². The van der Waals surface area contributed by atoms with Gasteiger partial charge in [-0.2, -0.15) is 0 Å². The molecule has 7 heteroatoms. The minimum Gasteiger partial charge on any atom is -0.358 e. The predicted octanol–water partition coefficient (Wildman–Crippen LogP) is 0.126. The third kappa shape index (κ3) is 1.73. The van der Waals surface area contributed by atoms with Crippen LogP contribution in [0.25, 0.3) is 0 Å². The summed E-state index contributed by atoms with van der Waals surface area (Å²) in [4.78, 5) is 16.2. The van der Waals surface area contributed by atoms with Gasteiger partial charge in [-0.05, 0) is 22.9 Å². The third-order valence-corrected chi connectivity index (χ3v) is 2.98. The van der Waals surface area contributed by atoms with Crippen LogP contribution in [0.2, 0.25) is 0 Å². The van der Waals surface area contributed by atoms with E-state index in [9.17, 15) is 10.1 Å². The molecule has 1 fully saturated rings. The quantitative estimate of drug-likeness (QED) is 0.584. The Labute approximate surface area is 93.2 Å². The molecule has 7 nitrogen and oxygen atoms in total. The van der Waals surface area contributed by atoms with Crippen molar-refractivity contribution >= 4 is 11.6 Å². The number of aryl methyl sites for hydroxylation is 1. The molecule has 2 heterocycles. The number of hydrogen-bond donors (Lipinski definition) is 1. The Kier molecular flexibility index (Phi) is 2.78. The molecule has 1 N–H and O–H groups in total. The van der Waals surface area contributed by atoms with Gasteiger partial charge in [0.25, 0.3) is 0 Å². The number of likely N-dealkylation sites (N-methyl/N-ethyl adjacent to an activating group) is 1. The van der Waals surface area contributed by atoms with Crippen molar-refractivity contribution in [1.29, 1.82) is 0 Å². The second-order valence-corrected chi connectivity index (χ2v) is 4.02. The highest BCUT2D eigenvalue weighted by Crippen LogP contribution is 2.27. The van der Waals surface area contributed by atoms with Crippen LogP contribution in [0.3, 0.4) is 0 Å². The zero-order valence-corrected chi connectivity index (χ0v) is 9.38. The monoisotopic (exact) mass is 225 g/mol. The van der Waals surface area contributed by atoms with E-state index >= 15 is 0 Å². The molecule has 1 aromatic heterocycles. The predicted molar refractivity (Wildman–Crippen MR) is 59.5 cm³/mol. The van der Waals surface area contributed by atoms with E-state index in [4.69, 9.17) is 0 Å². The van der Waals surface area contributed by atoms with Crippen LogP contribution in [-0.4, -0.2) is 40.7 Å². The molecule has 1 unspecified atom stereocenters. The Bertz CT molecular complexity index is 397. The van der Waals surface area contributed by atoms with E-state index < -0.39 is 4.92 Å². The summed E-state index contributed by atoms with van der Waals surface area (Å²) in [6, 6.07) is 0.300. The van der Waals surface area contributed by atoms with Gasteiger partial charge in [0.2, 0.25) is 12.1 Å². The molecular weight excluding hydrogens is 210 g/mol. The summed E-state index contributed by atoms with van der Waals surface area (Å²) >= 11 is 0. The van der Waals surface area contributed by atoms with E-state index in [1.165, 1.54) is 6.33 Å². The number of nitrogens with one attached hydrogen (secondary N) is 1. The second kappa shape index (κ2) is 4.09. The molecule has 0 bridgehead atoms. The summed E-state index contributed by atoms with van der Waals surface area (Å²) in [6.45, 7) is 1.82. The van der Waals surface area contributed by atoms with E-state index in [-0.39, 0.29) is 5.82 Å². The topological polar surface area (TPSA) is 76.2 Å². The highest BCUT2D eigenvalue weighted by molar-refractivity contribution is 5.54. The molecule has 1 saturated heterocycles. The molecule has 1 aromatic rings. The van der Waals surface area contributed by atoms with Crippen LogP contribution in [0.4, 0.5) is 11.6 Å². The van der Waals surface area contributed by atoms with Crippen molar-refractivity contribution in [1.82, 2.24) is 14.9 Å². The van der Waals surface area contributed by atoms with Crippen molar-refractivity contribution in [2.75, 3.05) is 25.0 Å². The first-order valence-corrected chi connectivity index (χ1v) is 5.20. The molecule has 0 amide bonds. The average molecular weight is 225 g/mol. The fourth-order valence-electron chi connectivity index (χ4n) is 2.09. The first-order chi connectivity index (χ1) is 7.61. The van der Waals surface area contributed by atoms with Crippen molar-refractivity contribution in [3.8, 4) is 0 Å². The molecular formula is C9H15N5O2. The Morgan fingerprint density at radius 3 is 3.06 bits per heavy atom. The maximum Gasteiger partial charge on any atom is 0.406 e. The van der Waals surface area contributed by atoms with Gasteiger partial charge in [-0.25, -0.2) is 0 Å². The third-order valence-electron chi connectivity index (χ3n) is 2.98. The van der Waals surface area contributed by atoms with Gasteiger partial charge in [-0.15, -0.1) is 0 Å². The van der Waals surface area contributed by atoms with Crippen LogP contribution >= 0.6 is 0 Å². The highest BCUT2D eigenvalue weighted by atomic mass is 16.6. The fraction of sp³-hybridized carbons (Fsp3) is 0.667. The van der Waals surface area contributed by atoms with Crippen LogP contribution in [0, 0.1) is 10.1 Å². The van der Waals surface area contributed by atoms with Gasteiger partial charge in [0.1, 0.15) is 0 Å². The zero-order chi connectivity index (χ0) is 11.7. The van der Waals surface area contributed by atoms with E-state index in [2.05, 4.69) is 10.3 Å². The second-order valence-electron chi connectivity index (χ2n) is 4.02. The Balaban J connectivity index is 2.30. The van der Waals surface area contributed by atoms with E-state index in [0.29, 0.717) is 11.9 Å². The number of aromatic nitrogens is 2. The molecule has 1 atom stereocenters. The highest BCUT2D eigenvalue weighted by Gasteiger charge is 2.29. The van der Waals surface area contributed by atoms with Crippen molar-refractivity contribution in [2.45, 2.75) is 12.5 Å².